The van der Waals surface area contributed by atoms with Crippen LogP contribution in [0.5, 0.6) is 0 Å². The fraction of sp³-hybridized carbons (Fsp3) is 0.545. The van der Waals surface area contributed by atoms with Gasteiger partial charge in [-0.3, -0.25) is 4.79 Å². The number of amides is 1. The molecule has 1 amide bonds. The minimum Gasteiger partial charge on any atom is -0.383 e. The van der Waals surface area contributed by atoms with Crippen LogP contribution in [0.1, 0.15) is 12.6 Å². The number of hydrogen-bond donors (Lipinski definition) is 2. The van der Waals surface area contributed by atoms with Crippen LogP contribution in [0.2, 0.25) is 5.28 Å². The van der Waals surface area contributed by atoms with Gasteiger partial charge < -0.3 is 15.4 Å². The number of methoxy groups -OCH3 is 1. The maximum atomic E-state index is 12.6. The maximum Gasteiger partial charge on any atom is 0.433 e. The Morgan fingerprint density at radius 1 is 1.48 bits per heavy atom. The number of alkyl halides is 3. The van der Waals surface area contributed by atoms with Gasteiger partial charge in [-0.2, -0.15) is 13.2 Å². The smallest absolute Gasteiger partial charge is 0.383 e. The maximum absolute atomic E-state index is 12.6. The molecule has 0 bridgehead atoms. The summed E-state index contributed by atoms with van der Waals surface area (Å²) in [7, 11) is 1.48. The van der Waals surface area contributed by atoms with Crippen molar-refractivity contribution in [3.63, 3.8) is 0 Å². The lowest BCUT2D eigenvalue weighted by Gasteiger charge is -2.15. The highest BCUT2D eigenvalue weighted by atomic mass is 35.5. The molecule has 21 heavy (non-hydrogen) atoms. The van der Waals surface area contributed by atoms with Crippen LogP contribution in [0.15, 0.2) is 6.07 Å². The van der Waals surface area contributed by atoms with E-state index in [0.717, 1.165) is 0 Å². The number of hydrogen-bond acceptors (Lipinski definition) is 5. The van der Waals surface area contributed by atoms with E-state index in [1.807, 2.05) is 0 Å². The van der Waals surface area contributed by atoms with Gasteiger partial charge in [-0.05, 0) is 18.5 Å². The monoisotopic (exact) mass is 326 g/mol. The first-order chi connectivity index (χ1) is 9.74. The Morgan fingerprint density at radius 3 is 2.71 bits per heavy atom. The zero-order valence-electron chi connectivity index (χ0n) is 11.3. The molecule has 2 N–H and O–H groups in total. The summed E-state index contributed by atoms with van der Waals surface area (Å²) in [5, 5.41) is 4.52. The average Bonchev–Trinajstić information content (AvgIpc) is 2.37. The minimum absolute atomic E-state index is 0.184. The Labute approximate surface area is 124 Å². The Hall–Kier alpha value is -1.61. The molecular weight excluding hydrogens is 313 g/mol. The van der Waals surface area contributed by atoms with E-state index in [1.54, 1.807) is 0 Å². The Morgan fingerprint density at radius 2 is 2.14 bits per heavy atom. The van der Waals surface area contributed by atoms with E-state index in [9.17, 15) is 18.0 Å². The van der Waals surface area contributed by atoms with Crippen molar-refractivity contribution in [3.8, 4) is 0 Å². The fourth-order valence-electron chi connectivity index (χ4n) is 1.35. The molecule has 118 valence electrons. The van der Waals surface area contributed by atoms with Crippen molar-refractivity contribution in [2.45, 2.75) is 19.1 Å². The summed E-state index contributed by atoms with van der Waals surface area (Å²) < 4.78 is 42.5. The molecule has 0 saturated heterocycles. The van der Waals surface area contributed by atoms with E-state index in [2.05, 4.69) is 20.6 Å². The number of halogens is 4. The molecule has 10 heteroatoms. The Balaban J connectivity index is 2.74. The first-order valence-electron chi connectivity index (χ1n) is 5.89. The van der Waals surface area contributed by atoms with E-state index < -0.39 is 29.1 Å². The van der Waals surface area contributed by atoms with E-state index >= 15 is 0 Å². The topological polar surface area (TPSA) is 76.1 Å². The summed E-state index contributed by atoms with van der Waals surface area (Å²) in [5.74, 6) is -0.591. The number of carbonyl (C=O) groups excluding carboxylic acids is 1. The van der Waals surface area contributed by atoms with Crippen molar-refractivity contribution < 1.29 is 22.7 Å². The minimum atomic E-state index is -4.65. The zero-order chi connectivity index (χ0) is 16.0. The molecule has 0 aliphatic carbocycles. The molecule has 0 radical (unpaired) electrons. The second kappa shape index (κ2) is 7.41. The summed E-state index contributed by atoms with van der Waals surface area (Å²) in [4.78, 5) is 18.4. The fourth-order valence-corrected chi connectivity index (χ4v) is 1.54. The van der Waals surface area contributed by atoms with Crippen LogP contribution in [-0.4, -0.2) is 42.2 Å². The standard InChI is InChI=1S/C11H14ClF3N4O2/c1-6(9(20)16-3-4-21-2)17-8-5-7(11(13,14)15)18-10(12)19-8/h5-6H,3-4H2,1-2H3,(H,16,20)(H,17,18,19). The van der Waals surface area contributed by atoms with Gasteiger partial charge in [-0.15, -0.1) is 0 Å². The SMILES string of the molecule is COCCNC(=O)C(C)Nc1cc(C(F)(F)F)nc(Cl)n1. The number of ether oxygens (including phenoxy) is 1. The number of carbonyl (C=O) groups is 1. The molecule has 0 aliphatic heterocycles. The van der Waals surface area contributed by atoms with Gasteiger partial charge in [0.05, 0.1) is 6.61 Å². The molecule has 1 aromatic rings. The normalized spacial score (nSPS) is 12.9. The number of aromatic nitrogens is 2. The van der Waals surface area contributed by atoms with E-state index in [1.165, 1.54) is 14.0 Å². The first-order valence-corrected chi connectivity index (χ1v) is 6.26. The van der Waals surface area contributed by atoms with Crippen LogP contribution in [0, 0.1) is 0 Å². The predicted octanol–water partition coefficient (Wildman–Crippen LogP) is 1.71. The van der Waals surface area contributed by atoms with Crippen molar-refractivity contribution in [3.05, 3.63) is 17.0 Å². The second-order valence-electron chi connectivity index (χ2n) is 4.06. The lowest BCUT2D eigenvalue weighted by molar-refractivity contribution is -0.141. The van der Waals surface area contributed by atoms with Crippen molar-refractivity contribution in [1.29, 1.82) is 0 Å². The first kappa shape index (κ1) is 17.4. The molecule has 1 aromatic heterocycles. The third kappa shape index (κ3) is 5.72. The molecule has 0 saturated carbocycles. The molecule has 6 nitrogen and oxygen atoms in total. The van der Waals surface area contributed by atoms with Crippen molar-refractivity contribution in [2.24, 2.45) is 0 Å². The van der Waals surface area contributed by atoms with E-state index in [4.69, 9.17) is 16.3 Å². The van der Waals surface area contributed by atoms with Crippen molar-refractivity contribution >= 4 is 23.3 Å². The van der Waals surface area contributed by atoms with Crippen LogP contribution in [-0.2, 0) is 15.7 Å². The number of nitrogens with one attached hydrogen (secondary N) is 2. The van der Waals surface area contributed by atoms with Gasteiger partial charge in [0.15, 0.2) is 5.69 Å². The van der Waals surface area contributed by atoms with Gasteiger partial charge in [-0.25, -0.2) is 9.97 Å². The largest absolute Gasteiger partial charge is 0.433 e. The average molecular weight is 327 g/mol. The summed E-state index contributed by atoms with van der Waals surface area (Å²) in [6, 6.07) is -0.112. The molecule has 0 fully saturated rings. The van der Waals surface area contributed by atoms with Crippen LogP contribution in [0.3, 0.4) is 0 Å². The number of nitrogens with zero attached hydrogens (tertiary/aromatic N) is 2. The number of rotatable bonds is 6. The zero-order valence-corrected chi connectivity index (χ0v) is 12.0. The second-order valence-corrected chi connectivity index (χ2v) is 4.39. The van der Waals surface area contributed by atoms with Gasteiger partial charge in [-0.1, -0.05) is 0 Å². The Kier molecular flexibility index (Phi) is 6.16. The third-order valence-electron chi connectivity index (χ3n) is 2.35. The van der Waals surface area contributed by atoms with E-state index in [-0.39, 0.29) is 5.82 Å². The molecule has 0 aromatic carbocycles. The summed E-state index contributed by atoms with van der Waals surface area (Å²) >= 11 is 5.44. The Bertz CT molecular complexity index is 499. The van der Waals surface area contributed by atoms with E-state index in [0.29, 0.717) is 19.2 Å². The highest BCUT2D eigenvalue weighted by Gasteiger charge is 2.33. The van der Waals surface area contributed by atoms with Gasteiger partial charge >= 0.3 is 6.18 Å². The van der Waals surface area contributed by atoms with Crippen LogP contribution in [0.25, 0.3) is 0 Å². The van der Waals surface area contributed by atoms with Crippen molar-refractivity contribution in [2.75, 3.05) is 25.6 Å². The quantitative estimate of drug-likeness (QED) is 0.615. The van der Waals surface area contributed by atoms with Gasteiger partial charge in [0.1, 0.15) is 11.9 Å². The molecule has 1 atom stereocenters. The van der Waals surface area contributed by atoms with Crippen LogP contribution < -0.4 is 10.6 Å². The van der Waals surface area contributed by atoms with Gasteiger partial charge in [0, 0.05) is 19.7 Å². The third-order valence-corrected chi connectivity index (χ3v) is 2.52. The number of anilines is 1. The lowest BCUT2D eigenvalue weighted by Crippen LogP contribution is -2.39. The lowest BCUT2D eigenvalue weighted by atomic mass is 10.3. The van der Waals surface area contributed by atoms with Crippen molar-refractivity contribution in [1.82, 2.24) is 15.3 Å². The van der Waals surface area contributed by atoms with Crippen LogP contribution in [0.4, 0.5) is 19.0 Å². The predicted molar refractivity (Wildman–Crippen MR) is 70.0 cm³/mol. The summed E-state index contributed by atoms with van der Waals surface area (Å²) in [6.07, 6.45) is -4.65. The molecule has 1 rings (SSSR count). The van der Waals surface area contributed by atoms with Gasteiger partial charge in [0.2, 0.25) is 11.2 Å². The highest BCUT2D eigenvalue weighted by molar-refractivity contribution is 6.28. The molecule has 1 unspecified atom stereocenters. The molecule has 0 spiro atoms. The molecule has 1 heterocycles. The summed E-state index contributed by atoms with van der Waals surface area (Å²) in [6.45, 7) is 2.10. The summed E-state index contributed by atoms with van der Waals surface area (Å²) in [5.41, 5.74) is -1.18. The van der Waals surface area contributed by atoms with Crippen LogP contribution >= 0.6 is 11.6 Å². The molecule has 0 aliphatic rings. The molecular formula is C11H14ClF3N4O2. The van der Waals surface area contributed by atoms with Gasteiger partial charge in [0.25, 0.3) is 0 Å². The highest BCUT2D eigenvalue weighted by Crippen LogP contribution is 2.29.